The molecule has 2 heterocycles. The first-order valence-corrected chi connectivity index (χ1v) is 8.53. The highest BCUT2D eigenvalue weighted by molar-refractivity contribution is 7.89. The maximum atomic E-state index is 12.9. The van der Waals surface area contributed by atoms with Gasteiger partial charge in [0.05, 0.1) is 34.9 Å². The predicted octanol–water partition coefficient (Wildman–Crippen LogP) is 3.23. The quantitative estimate of drug-likeness (QED) is 0.727. The highest BCUT2D eigenvalue weighted by Gasteiger charge is 2.38. The van der Waals surface area contributed by atoms with Crippen LogP contribution >= 0.6 is 0 Å². The Bertz CT molecular complexity index is 891. The monoisotopic (exact) mass is 400 g/mol. The number of hydrogen-bond acceptors (Lipinski definition) is 4. The predicted molar refractivity (Wildman–Crippen MR) is 74.6 cm³/mol. The van der Waals surface area contributed by atoms with Crippen LogP contribution in [0.1, 0.15) is 22.4 Å². The molecule has 1 aromatic carbocycles. The Hall–Kier alpha value is -2.08. The molecule has 12 heteroatoms. The lowest BCUT2D eigenvalue weighted by Gasteiger charge is -2.14. The molecule has 0 atom stereocenters. The molecule has 1 aromatic heterocycles. The van der Waals surface area contributed by atoms with Crippen LogP contribution in [0.2, 0.25) is 0 Å². The zero-order valence-electron chi connectivity index (χ0n) is 12.7. The minimum Gasteiger partial charge on any atom is -0.376 e. The molecular weight excluding hydrogens is 390 g/mol. The summed E-state index contributed by atoms with van der Waals surface area (Å²) in [7, 11) is -4.75. The third-order valence-electron chi connectivity index (χ3n) is 3.70. The summed E-state index contributed by atoms with van der Waals surface area (Å²) in [6, 6.07) is 0.171. The zero-order chi connectivity index (χ0) is 19.3. The average molecular weight is 400 g/mol. The number of rotatable bonds is 2. The van der Waals surface area contributed by atoms with E-state index in [9.17, 15) is 34.8 Å². The Balaban J connectivity index is 2.16. The standard InChI is InChI=1S/C14H10F6N2O3S/c15-13(16,17)9-3-10(14(18,19)20)5-11(4-9)26(23,24)22-6-8-7-25-2-1-12(8)21-22/h3-6H,1-2,7H2. The van der Waals surface area contributed by atoms with Crippen LogP contribution in [0.5, 0.6) is 0 Å². The number of aromatic nitrogens is 2. The van der Waals surface area contributed by atoms with Gasteiger partial charge in [0, 0.05) is 18.2 Å². The van der Waals surface area contributed by atoms with E-state index in [1.54, 1.807) is 0 Å². The van der Waals surface area contributed by atoms with E-state index in [2.05, 4.69) is 5.10 Å². The molecule has 3 rings (SSSR count). The number of hydrogen-bond donors (Lipinski definition) is 0. The molecule has 0 amide bonds. The van der Waals surface area contributed by atoms with Gasteiger partial charge in [0.25, 0.3) is 10.0 Å². The Morgan fingerprint density at radius 2 is 1.58 bits per heavy atom. The van der Waals surface area contributed by atoms with Crippen LogP contribution in [-0.4, -0.2) is 24.2 Å². The Morgan fingerprint density at radius 1 is 1.00 bits per heavy atom. The second kappa shape index (κ2) is 5.98. The van der Waals surface area contributed by atoms with Crippen LogP contribution in [0.3, 0.4) is 0 Å². The maximum absolute atomic E-state index is 12.9. The van der Waals surface area contributed by atoms with Gasteiger partial charge in [-0.1, -0.05) is 0 Å². The molecule has 142 valence electrons. The SMILES string of the molecule is O=S(=O)(c1cc(C(F)(F)F)cc(C(F)(F)F)c1)n1cc2c(n1)CCOC2. The second-order valence-corrected chi connectivity index (χ2v) is 7.32. The van der Waals surface area contributed by atoms with Gasteiger partial charge in [-0.3, -0.25) is 0 Å². The normalized spacial score (nSPS) is 15.8. The lowest BCUT2D eigenvalue weighted by atomic mass is 10.1. The van der Waals surface area contributed by atoms with Gasteiger partial charge in [-0.05, 0) is 18.2 Å². The van der Waals surface area contributed by atoms with E-state index in [0.717, 1.165) is 6.20 Å². The van der Waals surface area contributed by atoms with Crippen LogP contribution in [-0.2, 0) is 40.1 Å². The number of benzene rings is 1. The molecule has 0 radical (unpaired) electrons. The maximum Gasteiger partial charge on any atom is 0.416 e. The Labute approximate surface area is 143 Å². The average Bonchev–Trinajstić information content (AvgIpc) is 2.97. The molecule has 0 saturated carbocycles. The fraction of sp³-hybridized carbons (Fsp3) is 0.357. The van der Waals surface area contributed by atoms with Gasteiger partial charge in [0.2, 0.25) is 0 Å². The zero-order valence-corrected chi connectivity index (χ0v) is 13.5. The van der Waals surface area contributed by atoms with Crippen molar-refractivity contribution in [3.05, 3.63) is 46.8 Å². The lowest BCUT2D eigenvalue weighted by Crippen LogP contribution is -2.18. The van der Waals surface area contributed by atoms with Crippen molar-refractivity contribution in [2.45, 2.75) is 30.3 Å². The fourth-order valence-corrected chi connectivity index (χ4v) is 3.65. The van der Waals surface area contributed by atoms with Gasteiger partial charge in [-0.2, -0.15) is 43.9 Å². The van der Waals surface area contributed by atoms with Crippen LogP contribution in [0.15, 0.2) is 29.3 Å². The number of fused-ring (bicyclic) bond motifs is 1. The summed E-state index contributed by atoms with van der Waals surface area (Å²) in [6.07, 6.45) is -8.99. The van der Waals surface area contributed by atoms with Gasteiger partial charge in [0.1, 0.15) is 0 Å². The van der Waals surface area contributed by atoms with Crippen molar-refractivity contribution >= 4 is 10.0 Å². The minimum absolute atomic E-state index is 0.0568. The van der Waals surface area contributed by atoms with Gasteiger partial charge in [-0.25, -0.2) is 0 Å². The lowest BCUT2D eigenvalue weighted by molar-refractivity contribution is -0.143. The molecule has 1 aliphatic heterocycles. The summed E-state index contributed by atoms with van der Waals surface area (Å²) in [5.41, 5.74) is -2.66. The van der Waals surface area contributed by atoms with Crippen LogP contribution in [0.25, 0.3) is 0 Å². The van der Waals surface area contributed by atoms with E-state index in [1.165, 1.54) is 0 Å². The molecular formula is C14H10F6N2O3S. The number of halogens is 6. The first kappa shape index (κ1) is 18.7. The third kappa shape index (κ3) is 3.43. The molecule has 0 bridgehead atoms. The summed E-state index contributed by atoms with van der Waals surface area (Å²) < 4.78 is 108. The Morgan fingerprint density at radius 3 is 2.08 bits per heavy atom. The molecule has 0 saturated heterocycles. The topological polar surface area (TPSA) is 61.2 Å². The molecule has 0 aliphatic carbocycles. The summed E-state index contributed by atoms with van der Waals surface area (Å²) in [5, 5.41) is 3.77. The number of nitrogens with zero attached hydrogens (tertiary/aromatic N) is 2. The summed E-state index contributed by atoms with van der Waals surface area (Å²) >= 11 is 0. The van der Waals surface area contributed by atoms with E-state index < -0.39 is 38.4 Å². The number of ether oxygens (including phenoxy) is 1. The summed E-state index contributed by atoms with van der Waals surface area (Å²) in [6.45, 7) is 0.340. The first-order chi connectivity index (χ1) is 11.9. The molecule has 0 spiro atoms. The minimum atomic E-state index is -5.15. The Kier molecular flexibility index (Phi) is 4.30. The second-order valence-electron chi connectivity index (χ2n) is 5.52. The molecule has 26 heavy (non-hydrogen) atoms. The van der Waals surface area contributed by atoms with Gasteiger partial charge < -0.3 is 4.74 Å². The molecule has 1 aliphatic rings. The van der Waals surface area contributed by atoms with E-state index in [0.29, 0.717) is 15.3 Å². The van der Waals surface area contributed by atoms with Crippen molar-refractivity contribution in [3.63, 3.8) is 0 Å². The van der Waals surface area contributed by atoms with E-state index in [-0.39, 0.29) is 37.8 Å². The molecule has 0 N–H and O–H groups in total. The fourth-order valence-electron chi connectivity index (χ4n) is 2.41. The van der Waals surface area contributed by atoms with Crippen LogP contribution in [0.4, 0.5) is 26.3 Å². The van der Waals surface area contributed by atoms with Gasteiger partial charge in [-0.15, -0.1) is 0 Å². The smallest absolute Gasteiger partial charge is 0.376 e. The van der Waals surface area contributed by atoms with Crippen molar-refractivity contribution in [2.24, 2.45) is 0 Å². The summed E-state index contributed by atoms with van der Waals surface area (Å²) in [4.78, 5) is -1.15. The van der Waals surface area contributed by atoms with E-state index in [1.807, 2.05) is 0 Å². The largest absolute Gasteiger partial charge is 0.416 e. The van der Waals surface area contributed by atoms with Crippen molar-refractivity contribution in [1.82, 2.24) is 9.19 Å². The number of alkyl halides is 6. The first-order valence-electron chi connectivity index (χ1n) is 7.09. The van der Waals surface area contributed by atoms with Crippen molar-refractivity contribution in [1.29, 1.82) is 0 Å². The van der Waals surface area contributed by atoms with Crippen molar-refractivity contribution < 1.29 is 39.5 Å². The molecule has 0 fully saturated rings. The highest BCUT2D eigenvalue weighted by Crippen LogP contribution is 2.37. The van der Waals surface area contributed by atoms with Crippen molar-refractivity contribution in [2.75, 3.05) is 6.61 Å². The van der Waals surface area contributed by atoms with E-state index in [4.69, 9.17) is 4.74 Å². The molecule has 2 aromatic rings. The highest BCUT2D eigenvalue weighted by atomic mass is 32.2. The van der Waals surface area contributed by atoms with Crippen molar-refractivity contribution in [3.8, 4) is 0 Å². The van der Waals surface area contributed by atoms with Gasteiger partial charge >= 0.3 is 12.4 Å². The van der Waals surface area contributed by atoms with Crippen LogP contribution < -0.4 is 0 Å². The van der Waals surface area contributed by atoms with Crippen LogP contribution in [0, 0.1) is 0 Å². The third-order valence-corrected chi connectivity index (χ3v) is 5.21. The summed E-state index contributed by atoms with van der Waals surface area (Å²) in [5.74, 6) is 0. The molecule has 0 unspecified atom stereocenters. The van der Waals surface area contributed by atoms with E-state index >= 15 is 0 Å². The van der Waals surface area contributed by atoms with Gasteiger partial charge in [0.15, 0.2) is 0 Å². The molecule has 5 nitrogen and oxygen atoms in total.